The molecule has 1 aromatic heterocycles. The van der Waals surface area contributed by atoms with Gasteiger partial charge < -0.3 is 14.6 Å². The Morgan fingerprint density at radius 3 is 2.89 bits per heavy atom. The average molecular weight is 284 g/mol. The first-order valence-corrected chi connectivity index (χ1v) is 6.93. The standard InChI is InChI=1S/C14H20O4S/c1-14(2,17-3)7-8-18-10-12-11(6-9-19-12)4-5-13(15)16/h4-6,9H,7-8,10H2,1-3H3,(H,15,16)/b5-4+. The molecule has 1 aromatic rings. The second-order valence-electron chi connectivity index (χ2n) is 4.74. The van der Waals surface area contributed by atoms with Gasteiger partial charge in [0.05, 0.1) is 12.2 Å². The van der Waals surface area contributed by atoms with Crippen molar-refractivity contribution in [2.24, 2.45) is 0 Å². The Balaban J connectivity index is 2.42. The summed E-state index contributed by atoms with van der Waals surface area (Å²) in [5, 5.41) is 10.5. The fraction of sp³-hybridized carbons (Fsp3) is 0.500. The summed E-state index contributed by atoms with van der Waals surface area (Å²) in [5.41, 5.74) is 0.722. The summed E-state index contributed by atoms with van der Waals surface area (Å²) in [6, 6.07) is 1.89. The molecule has 1 rings (SSSR count). The minimum Gasteiger partial charge on any atom is -0.478 e. The highest BCUT2D eigenvalue weighted by atomic mass is 32.1. The van der Waals surface area contributed by atoms with E-state index in [1.54, 1.807) is 24.5 Å². The van der Waals surface area contributed by atoms with Gasteiger partial charge in [-0.15, -0.1) is 11.3 Å². The number of ether oxygens (including phenoxy) is 2. The van der Waals surface area contributed by atoms with Gasteiger partial charge >= 0.3 is 5.97 Å². The van der Waals surface area contributed by atoms with Crippen molar-refractivity contribution in [1.82, 2.24) is 0 Å². The molecule has 0 aliphatic heterocycles. The molecule has 5 heteroatoms. The third-order valence-corrected chi connectivity index (χ3v) is 3.73. The Kier molecular flexibility index (Phi) is 6.21. The number of carbonyl (C=O) groups is 1. The lowest BCUT2D eigenvalue weighted by Crippen LogP contribution is -2.24. The van der Waals surface area contributed by atoms with Gasteiger partial charge in [-0.1, -0.05) is 0 Å². The van der Waals surface area contributed by atoms with Crippen molar-refractivity contribution in [3.63, 3.8) is 0 Å². The third-order valence-electron chi connectivity index (χ3n) is 2.82. The van der Waals surface area contributed by atoms with Crippen LogP contribution in [0.5, 0.6) is 0 Å². The molecule has 0 atom stereocenters. The predicted molar refractivity (Wildman–Crippen MR) is 76.3 cm³/mol. The van der Waals surface area contributed by atoms with Crippen LogP contribution in [-0.4, -0.2) is 30.4 Å². The fourth-order valence-electron chi connectivity index (χ4n) is 1.36. The van der Waals surface area contributed by atoms with Crippen molar-refractivity contribution < 1.29 is 19.4 Å². The maximum Gasteiger partial charge on any atom is 0.328 e. The molecule has 0 aromatic carbocycles. The van der Waals surface area contributed by atoms with Gasteiger partial charge in [-0.05, 0) is 43.4 Å². The summed E-state index contributed by atoms with van der Waals surface area (Å²) in [6.45, 7) is 5.14. The molecule has 0 amide bonds. The van der Waals surface area contributed by atoms with Crippen LogP contribution < -0.4 is 0 Å². The molecule has 1 heterocycles. The molecular weight excluding hydrogens is 264 g/mol. The van der Waals surface area contributed by atoms with E-state index >= 15 is 0 Å². The van der Waals surface area contributed by atoms with Gasteiger partial charge in [-0.25, -0.2) is 4.79 Å². The van der Waals surface area contributed by atoms with Crippen LogP contribution >= 0.6 is 11.3 Å². The number of aliphatic carboxylic acids is 1. The minimum atomic E-state index is -0.945. The summed E-state index contributed by atoms with van der Waals surface area (Å²) in [6.07, 6.45) is 3.55. The molecule has 0 bridgehead atoms. The zero-order valence-corrected chi connectivity index (χ0v) is 12.3. The smallest absolute Gasteiger partial charge is 0.328 e. The van der Waals surface area contributed by atoms with Gasteiger partial charge in [0.15, 0.2) is 0 Å². The Labute approximate surface area is 117 Å². The predicted octanol–water partition coefficient (Wildman–Crippen LogP) is 3.18. The molecule has 0 aliphatic rings. The lowest BCUT2D eigenvalue weighted by molar-refractivity contribution is -0.131. The average Bonchev–Trinajstić information content (AvgIpc) is 2.79. The first kappa shape index (κ1) is 15.9. The van der Waals surface area contributed by atoms with Crippen molar-refractivity contribution in [3.05, 3.63) is 28.0 Å². The maximum absolute atomic E-state index is 10.5. The van der Waals surface area contributed by atoms with Crippen LogP contribution in [-0.2, 0) is 20.9 Å². The van der Waals surface area contributed by atoms with Crippen LogP contribution in [0.1, 0.15) is 30.7 Å². The Morgan fingerprint density at radius 2 is 2.26 bits per heavy atom. The molecular formula is C14H20O4S. The SMILES string of the molecule is COC(C)(C)CCOCc1sccc1/C=C/C(=O)O. The summed E-state index contributed by atoms with van der Waals surface area (Å²) in [5.74, 6) is -0.945. The van der Waals surface area contributed by atoms with E-state index in [0.717, 1.165) is 22.9 Å². The Morgan fingerprint density at radius 1 is 1.53 bits per heavy atom. The highest BCUT2D eigenvalue weighted by molar-refractivity contribution is 7.10. The van der Waals surface area contributed by atoms with E-state index in [0.29, 0.717) is 13.2 Å². The molecule has 106 valence electrons. The van der Waals surface area contributed by atoms with E-state index in [1.165, 1.54) is 0 Å². The highest BCUT2D eigenvalue weighted by Gasteiger charge is 2.15. The quantitative estimate of drug-likeness (QED) is 0.588. The van der Waals surface area contributed by atoms with Crippen molar-refractivity contribution >= 4 is 23.4 Å². The number of hydrogen-bond acceptors (Lipinski definition) is 4. The maximum atomic E-state index is 10.5. The first-order valence-electron chi connectivity index (χ1n) is 6.05. The van der Waals surface area contributed by atoms with Crippen molar-refractivity contribution in [2.75, 3.05) is 13.7 Å². The molecule has 0 spiro atoms. The van der Waals surface area contributed by atoms with Crippen molar-refractivity contribution in [1.29, 1.82) is 0 Å². The second kappa shape index (κ2) is 7.43. The summed E-state index contributed by atoms with van der Waals surface area (Å²) >= 11 is 1.56. The number of carboxylic acid groups (broad SMARTS) is 1. The number of hydrogen-bond donors (Lipinski definition) is 1. The molecule has 19 heavy (non-hydrogen) atoms. The van der Waals surface area contributed by atoms with Gasteiger partial charge in [0, 0.05) is 24.7 Å². The molecule has 1 N–H and O–H groups in total. The summed E-state index contributed by atoms with van der Waals surface area (Å²) in [4.78, 5) is 11.5. The van der Waals surface area contributed by atoms with E-state index in [9.17, 15) is 4.79 Å². The van der Waals surface area contributed by atoms with E-state index in [2.05, 4.69) is 0 Å². The Bertz CT molecular complexity index is 434. The van der Waals surface area contributed by atoms with E-state index < -0.39 is 5.97 Å². The molecule has 0 saturated heterocycles. The zero-order valence-electron chi connectivity index (χ0n) is 11.5. The van der Waals surface area contributed by atoms with Crippen molar-refractivity contribution in [3.8, 4) is 0 Å². The third kappa shape index (κ3) is 6.00. The minimum absolute atomic E-state index is 0.179. The van der Waals surface area contributed by atoms with Gasteiger partial charge in [-0.3, -0.25) is 0 Å². The second-order valence-corrected chi connectivity index (χ2v) is 5.74. The fourth-order valence-corrected chi connectivity index (χ4v) is 2.16. The lowest BCUT2D eigenvalue weighted by Gasteiger charge is -2.22. The van der Waals surface area contributed by atoms with E-state index in [1.807, 2.05) is 25.3 Å². The number of thiophene rings is 1. The molecule has 0 aliphatic carbocycles. The summed E-state index contributed by atoms with van der Waals surface area (Å²) in [7, 11) is 1.69. The van der Waals surface area contributed by atoms with Crippen LogP contribution in [0, 0.1) is 0 Å². The first-order chi connectivity index (χ1) is 8.94. The van der Waals surface area contributed by atoms with Gasteiger partial charge in [0.25, 0.3) is 0 Å². The van der Waals surface area contributed by atoms with Gasteiger partial charge in [0.2, 0.25) is 0 Å². The van der Waals surface area contributed by atoms with Crippen LogP contribution in [0.3, 0.4) is 0 Å². The highest BCUT2D eigenvalue weighted by Crippen LogP contribution is 2.20. The molecule has 4 nitrogen and oxygen atoms in total. The monoisotopic (exact) mass is 284 g/mol. The Hall–Kier alpha value is -1.17. The van der Waals surface area contributed by atoms with Crippen LogP contribution in [0.15, 0.2) is 17.5 Å². The van der Waals surface area contributed by atoms with E-state index in [4.69, 9.17) is 14.6 Å². The van der Waals surface area contributed by atoms with Crippen LogP contribution in [0.2, 0.25) is 0 Å². The topological polar surface area (TPSA) is 55.8 Å². The van der Waals surface area contributed by atoms with Gasteiger partial charge in [0.1, 0.15) is 0 Å². The van der Waals surface area contributed by atoms with Crippen molar-refractivity contribution in [2.45, 2.75) is 32.5 Å². The molecule has 0 unspecified atom stereocenters. The summed E-state index contributed by atoms with van der Waals surface area (Å²) < 4.78 is 10.9. The largest absolute Gasteiger partial charge is 0.478 e. The number of rotatable bonds is 8. The lowest BCUT2D eigenvalue weighted by atomic mass is 10.1. The van der Waals surface area contributed by atoms with Crippen LogP contribution in [0.4, 0.5) is 0 Å². The molecule has 0 fully saturated rings. The van der Waals surface area contributed by atoms with E-state index in [-0.39, 0.29) is 5.60 Å². The molecule has 0 saturated carbocycles. The normalized spacial score (nSPS) is 12.2. The van der Waals surface area contributed by atoms with Gasteiger partial charge in [-0.2, -0.15) is 0 Å². The van der Waals surface area contributed by atoms with Crippen LogP contribution in [0.25, 0.3) is 6.08 Å². The zero-order chi connectivity index (χ0) is 14.3. The molecule has 0 radical (unpaired) electrons. The number of methoxy groups -OCH3 is 1. The number of carboxylic acids is 1.